The number of nitrogens with one attached hydrogen (secondary N) is 3. The van der Waals surface area contributed by atoms with Gasteiger partial charge in [-0.15, -0.1) is 0 Å². The number of aliphatic hydroxyl groups is 1. The molecule has 10 N–H and O–H groups in total. The van der Waals surface area contributed by atoms with Crippen molar-refractivity contribution in [3.8, 4) is 0 Å². The van der Waals surface area contributed by atoms with E-state index >= 15 is 0 Å². The minimum absolute atomic E-state index is 0.149. The summed E-state index contributed by atoms with van der Waals surface area (Å²) in [4.78, 5) is 71.9. The van der Waals surface area contributed by atoms with Crippen LogP contribution < -0.4 is 27.4 Å². The molecule has 0 spiro atoms. The zero-order valence-electron chi connectivity index (χ0n) is 20.3. The number of carbonyl (C=O) groups is 6. The highest BCUT2D eigenvalue weighted by atomic mass is 16.4. The Morgan fingerprint density at radius 3 is 1.84 bits per heavy atom. The summed E-state index contributed by atoms with van der Waals surface area (Å²) in [5.41, 5.74) is 11.9. The number of aliphatic carboxylic acids is 2. The smallest absolute Gasteiger partial charge is 0.328 e. The fourth-order valence-electron chi connectivity index (χ4n) is 3.25. The predicted octanol–water partition coefficient (Wildman–Crippen LogP) is -2.39. The Balaban J connectivity index is 3.02. The fraction of sp³-hybridized carbons (Fsp3) is 0.478. The monoisotopic (exact) mass is 523 g/mol. The van der Waals surface area contributed by atoms with E-state index in [4.69, 9.17) is 16.6 Å². The van der Waals surface area contributed by atoms with Gasteiger partial charge in [-0.05, 0) is 31.7 Å². The summed E-state index contributed by atoms with van der Waals surface area (Å²) in [6.07, 6.45) is -2.89. The van der Waals surface area contributed by atoms with Gasteiger partial charge in [0.1, 0.15) is 12.1 Å². The highest BCUT2D eigenvalue weighted by Crippen LogP contribution is 2.06. The first-order valence-corrected chi connectivity index (χ1v) is 11.4. The Hall–Kier alpha value is -4.04. The van der Waals surface area contributed by atoms with Crippen LogP contribution in [0.5, 0.6) is 0 Å². The van der Waals surface area contributed by atoms with Crippen LogP contribution in [-0.2, 0) is 35.2 Å². The quantitative estimate of drug-likeness (QED) is 0.114. The minimum Gasteiger partial charge on any atom is -0.481 e. The Morgan fingerprint density at radius 1 is 0.838 bits per heavy atom. The number of hydrogen-bond donors (Lipinski definition) is 8. The van der Waals surface area contributed by atoms with Crippen molar-refractivity contribution in [2.75, 3.05) is 0 Å². The van der Waals surface area contributed by atoms with Crippen LogP contribution in [0.15, 0.2) is 30.3 Å². The molecule has 1 aromatic carbocycles. The van der Waals surface area contributed by atoms with Crippen LogP contribution in [0.3, 0.4) is 0 Å². The molecule has 0 heterocycles. The second kappa shape index (κ2) is 15.2. The van der Waals surface area contributed by atoms with Gasteiger partial charge >= 0.3 is 11.9 Å². The molecule has 1 rings (SSSR count). The zero-order chi connectivity index (χ0) is 28.1. The lowest BCUT2D eigenvalue weighted by Crippen LogP contribution is -2.58. The van der Waals surface area contributed by atoms with Crippen molar-refractivity contribution in [2.24, 2.45) is 11.5 Å². The normalized spacial score (nSPS) is 14.8. The lowest BCUT2D eigenvalue weighted by Gasteiger charge is -2.25. The maximum Gasteiger partial charge on any atom is 0.328 e. The van der Waals surface area contributed by atoms with Crippen LogP contribution in [0.2, 0.25) is 0 Å². The van der Waals surface area contributed by atoms with Gasteiger partial charge in [0.15, 0.2) is 6.04 Å². The van der Waals surface area contributed by atoms with Gasteiger partial charge in [0.25, 0.3) is 0 Å². The van der Waals surface area contributed by atoms with E-state index in [2.05, 4.69) is 10.6 Å². The fourth-order valence-corrected chi connectivity index (χ4v) is 3.25. The Morgan fingerprint density at radius 2 is 1.35 bits per heavy atom. The summed E-state index contributed by atoms with van der Waals surface area (Å²) < 4.78 is 0. The molecule has 0 fully saturated rings. The largest absolute Gasteiger partial charge is 0.481 e. The van der Waals surface area contributed by atoms with E-state index in [1.165, 1.54) is 0 Å². The van der Waals surface area contributed by atoms with Crippen molar-refractivity contribution < 1.29 is 44.1 Å². The molecule has 37 heavy (non-hydrogen) atoms. The number of nitrogens with two attached hydrogens (primary N) is 2. The highest BCUT2D eigenvalue weighted by Gasteiger charge is 2.32. The number of carbonyl (C=O) groups excluding carboxylic acids is 4. The number of aliphatic hydroxyl groups excluding tert-OH is 1. The molecule has 0 bridgehead atoms. The Kier molecular flexibility index (Phi) is 12.7. The van der Waals surface area contributed by atoms with E-state index in [-0.39, 0.29) is 19.3 Å². The molecule has 1 aromatic rings. The molecule has 0 radical (unpaired) electrons. The summed E-state index contributed by atoms with van der Waals surface area (Å²) in [5, 5.41) is 34.5. The Labute approximate surface area is 212 Å². The van der Waals surface area contributed by atoms with E-state index < -0.39 is 78.7 Å². The van der Waals surface area contributed by atoms with Crippen LogP contribution in [0.25, 0.3) is 0 Å². The average molecular weight is 524 g/mol. The van der Waals surface area contributed by atoms with E-state index in [1.54, 1.807) is 30.3 Å². The molecule has 5 unspecified atom stereocenters. The predicted molar refractivity (Wildman–Crippen MR) is 129 cm³/mol. The second-order valence-corrected chi connectivity index (χ2v) is 8.42. The first-order valence-electron chi connectivity index (χ1n) is 11.4. The number of rotatable bonds is 16. The van der Waals surface area contributed by atoms with Gasteiger partial charge in [0.05, 0.1) is 12.1 Å². The SMILES string of the molecule is CC(O)C(NC(=O)C(CCC(=O)O)NC(=O)C(CCC(N)=O)NC(=O)C(N)Cc1ccccc1)C(=O)O. The maximum atomic E-state index is 13.0. The lowest BCUT2D eigenvalue weighted by molar-refractivity contribution is -0.145. The first kappa shape index (κ1) is 31.0. The summed E-state index contributed by atoms with van der Waals surface area (Å²) in [6.45, 7) is 1.12. The third-order valence-corrected chi connectivity index (χ3v) is 5.27. The molecule has 14 heteroatoms. The average Bonchev–Trinajstić information content (AvgIpc) is 2.82. The van der Waals surface area contributed by atoms with E-state index in [1.807, 2.05) is 5.32 Å². The molecular weight excluding hydrogens is 490 g/mol. The number of benzene rings is 1. The lowest BCUT2D eigenvalue weighted by atomic mass is 10.0. The molecule has 204 valence electrons. The van der Waals surface area contributed by atoms with Gasteiger partial charge in [-0.1, -0.05) is 30.3 Å². The molecule has 4 amide bonds. The van der Waals surface area contributed by atoms with Crippen LogP contribution in [0.4, 0.5) is 0 Å². The number of carboxylic acids is 2. The molecule has 0 aliphatic heterocycles. The van der Waals surface area contributed by atoms with Crippen molar-refractivity contribution in [3.05, 3.63) is 35.9 Å². The van der Waals surface area contributed by atoms with E-state index in [9.17, 15) is 39.0 Å². The van der Waals surface area contributed by atoms with Crippen molar-refractivity contribution in [3.63, 3.8) is 0 Å². The number of primary amides is 1. The van der Waals surface area contributed by atoms with Crippen molar-refractivity contribution in [1.82, 2.24) is 16.0 Å². The molecular formula is C23H33N5O9. The molecule has 0 aromatic heterocycles. The van der Waals surface area contributed by atoms with Crippen LogP contribution >= 0.6 is 0 Å². The summed E-state index contributed by atoms with van der Waals surface area (Å²) in [5.74, 6) is -6.34. The third kappa shape index (κ3) is 11.5. The summed E-state index contributed by atoms with van der Waals surface area (Å²) in [6, 6.07) is 3.15. The topological polar surface area (TPSA) is 251 Å². The van der Waals surface area contributed by atoms with Crippen LogP contribution in [0.1, 0.15) is 38.2 Å². The number of carboxylic acid groups (broad SMARTS) is 2. The summed E-state index contributed by atoms with van der Waals surface area (Å²) >= 11 is 0. The van der Waals surface area contributed by atoms with Gasteiger partial charge in [-0.25, -0.2) is 4.79 Å². The highest BCUT2D eigenvalue weighted by molar-refractivity contribution is 5.94. The second-order valence-electron chi connectivity index (χ2n) is 8.42. The van der Waals surface area contributed by atoms with Crippen molar-refractivity contribution in [2.45, 2.75) is 69.3 Å². The Bertz CT molecular complexity index is 971. The first-order chi connectivity index (χ1) is 17.3. The van der Waals surface area contributed by atoms with Crippen molar-refractivity contribution in [1.29, 1.82) is 0 Å². The van der Waals surface area contributed by atoms with Gasteiger partial charge < -0.3 is 42.7 Å². The van der Waals surface area contributed by atoms with Crippen LogP contribution in [0, 0.1) is 0 Å². The van der Waals surface area contributed by atoms with Gasteiger partial charge in [0, 0.05) is 12.8 Å². The minimum atomic E-state index is -1.72. The molecule has 0 aliphatic rings. The van der Waals surface area contributed by atoms with E-state index in [0.29, 0.717) is 0 Å². The molecule has 14 nitrogen and oxygen atoms in total. The molecule has 5 atom stereocenters. The third-order valence-electron chi connectivity index (χ3n) is 5.27. The molecule has 0 aliphatic carbocycles. The van der Waals surface area contributed by atoms with Crippen molar-refractivity contribution >= 4 is 35.6 Å². The standard InChI is InChI=1S/C23H33N5O9/c1-12(29)19(23(36)37)28-22(35)16(8-10-18(31)32)27-21(34)15(7-9-17(25)30)26-20(33)14(24)11-13-5-3-2-4-6-13/h2-6,12,14-16,19,29H,7-11,24H2,1H3,(H2,25,30)(H,26,33)(H,27,34)(H,28,35)(H,31,32)(H,36,37). The van der Waals surface area contributed by atoms with Gasteiger partial charge in [-0.2, -0.15) is 0 Å². The number of amides is 4. The molecule has 0 saturated heterocycles. The van der Waals surface area contributed by atoms with Gasteiger partial charge in [0.2, 0.25) is 23.6 Å². The summed E-state index contributed by atoms with van der Waals surface area (Å²) in [7, 11) is 0. The van der Waals surface area contributed by atoms with E-state index in [0.717, 1.165) is 12.5 Å². The maximum absolute atomic E-state index is 13.0. The zero-order valence-corrected chi connectivity index (χ0v) is 20.3. The molecule has 0 saturated carbocycles. The van der Waals surface area contributed by atoms with Gasteiger partial charge in [-0.3, -0.25) is 24.0 Å². The van der Waals surface area contributed by atoms with Crippen LogP contribution in [-0.4, -0.2) is 81.2 Å². The number of hydrogen-bond acceptors (Lipinski definition) is 8.